The fourth-order valence-corrected chi connectivity index (χ4v) is 3.47. The van der Waals surface area contributed by atoms with Crippen LogP contribution in [0.1, 0.15) is 40.5 Å². The number of morpholine rings is 1. The van der Waals surface area contributed by atoms with Gasteiger partial charge >= 0.3 is 0 Å². The number of piperidine rings is 1. The zero-order valence-electron chi connectivity index (χ0n) is 11.2. The van der Waals surface area contributed by atoms with Gasteiger partial charge in [-0.05, 0) is 40.5 Å². The molecule has 3 heteroatoms. The Labute approximate surface area is 99.5 Å². The summed E-state index contributed by atoms with van der Waals surface area (Å²) >= 11 is 0. The molecule has 16 heavy (non-hydrogen) atoms. The first kappa shape index (κ1) is 12.3. The summed E-state index contributed by atoms with van der Waals surface area (Å²) < 4.78 is 5.44. The molecule has 0 radical (unpaired) electrons. The van der Waals surface area contributed by atoms with Crippen molar-refractivity contribution in [1.82, 2.24) is 10.2 Å². The van der Waals surface area contributed by atoms with E-state index in [0.717, 1.165) is 32.3 Å². The van der Waals surface area contributed by atoms with Crippen molar-refractivity contribution in [3.63, 3.8) is 0 Å². The van der Waals surface area contributed by atoms with Crippen molar-refractivity contribution >= 4 is 0 Å². The Morgan fingerprint density at radius 3 is 2.00 bits per heavy atom. The molecule has 3 nitrogen and oxygen atoms in total. The maximum absolute atomic E-state index is 5.44. The van der Waals surface area contributed by atoms with Gasteiger partial charge in [-0.15, -0.1) is 0 Å². The van der Waals surface area contributed by atoms with Crippen molar-refractivity contribution in [2.45, 2.75) is 57.7 Å². The first-order chi connectivity index (χ1) is 7.38. The van der Waals surface area contributed by atoms with Gasteiger partial charge < -0.3 is 10.1 Å². The molecule has 2 heterocycles. The minimum Gasteiger partial charge on any atom is -0.379 e. The maximum atomic E-state index is 5.44. The largest absolute Gasteiger partial charge is 0.379 e. The van der Waals surface area contributed by atoms with Gasteiger partial charge in [0.2, 0.25) is 0 Å². The number of nitrogens with zero attached hydrogens (tertiary/aromatic N) is 1. The van der Waals surface area contributed by atoms with E-state index in [1.807, 2.05) is 0 Å². The van der Waals surface area contributed by atoms with Crippen LogP contribution in [-0.2, 0) is 4.74 Å². The lowest BCUT2D eigenvalue weighted by atomic mass is 9.79. The Hall–Kier alpha value is -0.120. The Morgan fingerprint density at radius 2 is 1.50 bits per heavy atom. The smallest absolute Gasteiger partial charge is 0.0594 e. The third-order valence-electron chi connectivity index (χ3n) is 3.73. The Kier molecular flexibility index (Phi) is 3.30. The topological polar surface area (TPSA) is 24.5 Å². The predicted octanol–water partition coefficient (Wildman–Crippen LogP) is 1.63. The zero-order chi connectivity index (χ0) is 11.8. The Morgan fingerprint density at radius 1 is 1.00 bits per heavy atom. The second-order valence-electron chi connectivity index (χ2n) is 6.60. The molecule has 0 aromatic heterocycles. The molecule has 0 amide bonds. The summed E-state index contributed by atoms with van der Waals surface area (Å²) in [6.45, 7) is 13.3. The second kappa shape index (κ2) is 4.28. The molecule has 2 fully saturated rings. The summed E-state index contributed by atoms with van der Waals surface area (Å²) in [5, 5.41) is 3.74. The van der Waals surface area contributed by atoms with Gasteiger partial charge in [-0.25, -0.2) is 0 Å². The van der Waals surface area contributed by atoms with Crippen molar-refractivity contribution in [3.05, 3.63) is 0 Å². The molecule has 0 saturated carbocycles. The highest BCUT2D eigenvalue weighted by Crippen LogP contribution is 2.31. The van der Waals surface area contributed by atoms with Crippen LogP contribution in [0.25, 0.3) is 0 Å². The molecule has 2 saturated heterocycles. The van der Waals surface area contributed by atoms with Crippen molar-refractivity contribution in [3.8, 4) is 0 Å². The third kappa shape index (κ3) is 2.96. The predicted molar refractivity (Wildman–Crippen MR) is 66.7 cm³/mol. The van der Waals surface area contributed by atoms with Crippen molar-refractivity contribution in [2.75, 3.05) is 26.3 Å². The molecule has 2 rings (SSSR count). The lowest BCUT2D eigenvalue weighted by Crippen LogP contribution is -2.63. The normalized spacial score (nSPS) is 31.5. The molecule has 0 bridgehead atoms. The standard InChI is InChI=1S/C13H26N2O/c1-12(2)9-11(10-13(3,4)14-12)15-5-7-16-8-6-15/h11,14H,5-10H2,1-4H3. The number of nitrogens with one attached hydrogen (secondary N) is 1. The number of hydrogen-bond acceptors (Lipinski definition) is 3. The SMILES string of the molecule is CC1(C)CC(N2CCOCC2)CC(C)(C)N1. The van der Waals surface area contributed by atoms with Crippen LogP contribution >= 0.6 is 0 Å². The van der Waals surface area contributed by atoms with Crippen LogP contribution < -0.4 is 5.32 Å². The van der Waals surface area contributed by atoms with Gasteiger partial charge in [-0.2, -0.15) is 0 Å². The van der Waals surface area contributed by atoms with Crippen molar-refractivity contribution in [1.29, 1.82) is 0 Å². The van der Waals surface area contributed by atoms with Crippen LogP contribution in [0.2, 0.25) is 0 Å². The van der Waals surface area contributed by atoms with E-state index in [0.29, 0.717) is 0 Å². The van der Waals surface area contributed by atoms with E-state index in [2.05, 4.69) is 37.9 Å². The van der Waals surface area contributed by atoms with E-state index < -0.39 is 0 Å². The average molecular weight is 226 g/mol. The molecule has 0 unspecified atom stereocenters. The van der Waals surface area contributed by atoms with E-state index in [-0.39, 0.29) is 11.1 Å². The minimum absolute atomic E-state index is 0.255. The van der Waals surface area contributed by atoms with Crippen LogP contribution in [0.15, 0.2) is 0 Å². The fourth-order valence-electron chi connectivity index (χ4n) is 3.47. The van der Waals surface area contributed by atoms with Gasteiger partial charge in [-0.1, -0.05) is 0 Å². The summed E-state index contributed by atoms with van der Waals surface area (Å²) in [6.07, 6.45) is 2.49. The van der Waals surface area contributed by atoms with E-state index in [1.165, 1.54) is 12.8 Å². The highest BCUT2D eigenvalue weighted by Gasteiger charge is 2.39. The molecule has 0 spiro atoms. The van der Waals surface area contributed by atoms with Crippen molar-refractivity contribution in [2.24, 2.45) is 0 Å². The second-order valence-corrected chi connectivity index (χ2v) is 6.60. The summed E-state index contributed by atoms with van der Waals surface area (Å²) in [6, 6.07) is 0.718. The summed E-state index contributed by atoms with van der Waals surface area (Å²) in [7, 11) is 0. The maximum Gasteiger partial charge on any atom is 0.0594 e. The van der Waals surface area contributed by atoms with Gasteiger partial charge in [0.25, 0.3) is 0 Å². The van der Waals surface area contributed by atoms with Gasteiger partial charge in [-0.3, -0.25) is 4.90 Å². The molecule has 94 valence electrons. The molecule has 0 aromatic rings. The van der Waals surface area contributed by atoms with Crippen LogP contribution in [0.4, 0.5) is 0 Å². The van der Waals surface area contributed by atoms with Crippen LogP contribution in [-0.4, -0.2) is 48.3 Å². The lowest BCUT2D eigenvalue weighted by Gasteiger charge is -2.50. The van der Waals surface area contributed by atoms with Crippen LogP contribution in [0.3, 0.4) is 0 Å². The first-order valence-electron chi connectivity index (χ1n) is 6.49. The summed E-state index contributed by atoms with van der Waals surface area (Å²) in [5.41, 5.74) is 0.509. The number of rotatable bonds is 1. The van der Waals surface area contributed by atoms with E-state index >= 15 is 0 Å². The van der Waals surface area contributed by atoms with Crippen molar-refractivity contribution < 1.29 is 4.74 Å². The van der Waals surface area contributed by atoms with Gasteiger partial charge in [0.15, 0.2) is 0 Å². The molecular weight excluding hydrogens is 200 g/mol. The zero-order valence-corrected chi connectivity index (χ0v) is 11.2. The molecule has 2 aliphatic rings. The van der Waals surface area contributed by atoms with E-state index in [9.17, 15) is 0 Å². The highest BCUT2D eigenvalue weighted by atomic mass is 16.5. The molecular formula is C13H26N2O. The quantitative estimate of drug-likeness (QED) is 0.735. The molecule has 2 aliphatic heterocycles. The summed E-state index contributed by atoms with van der Waals surface area (Å²) in [4.78, 5) is 2.62. The van der Waals surface area contributed by atoms with Crippen LogP contribution in [0, 0.1) is 0 Å². The lowest BCUT2D eigenvalue weighted by molar-refractivity contribution is -0.0133. The Balaban J connectivity index is 2.03. The molecule has 0 aliphatic carbocycles. The van der Waals surface area contributed by atoms with Gasteiger partial charge in [0.1, 0.15) is 0 Å². The fraction of sp³-hybridized carbons (Fsp3) is 1.00. The molecule has 0 aromatic carbocycles. The van der Waals surface area contributed by atoms with Gasteiger partial charge in [0.05, 0.1) is 13.2 Å². The van der Waals surface area contributed by atoms with Gasteiger partial charge in [0, 0.05) is 30.2 Å². The first-order valence-corrected chi connectivity index (χ1v) is 6.49. The average Bonchev–Trinajstić information content (AvgIpc) is 2.14. The number of ether oxygens (including phenoxy) is 1. The van der Waals surface area contributed by atoms with Crippen LogP contribution in [0.5, 0.6) is 0 Å². The third-order valence-corrected chi connectivity index (χ3v) is 3.73. The minimum atomic E-state index is 0.255. The van der Waals surface area contributed by atoms with E-state index in [4.69, 9.17) is 4.74 Å². The van der Waals surface area contributed by atoms with E-state index in [1.54, 1.807) is 0 Å². The highest BCUT2D eigenvalue weighted by molar-refractivity contribution is 5.00. The number of hydrogen-bond donors (Lipinski definition) is 1. The summed E-state index contributed by atoms with van der Waals surface area (Å²) in [5.74, 6) is 0. The molecule has 0 atom stereocenters. The monoisotopic (exact) mass is 226 g/mol. The Bertz CT molecular complexity index is 228. The molecule has 1 N–H and O–H groups in total.